The standard InChI is InChI=1S/C58H36N2S/c1-3-15-37(16-4-1)53-54(57(40-17-5-2-6-18-40)61-58(53)51-36-42-19-7-8-23-44(42)46-24-10-12-27-49(46)51)43-21-13-20-41(35-43)45-31-32-50(48-26-11-9-25-47(45)48)52-33-30-39-29-28-38-22-14-34-59-55(38)56(39)60-52/h1-36H/i9D,11D,25D,26D,31D,32D. The molecule has 0 bridgehead atoms. The van der Waals surface area contributed by atoms with Crippen LogP contribution in [-0.2, 0) is 0 Å². The summed E-state index contributed by atoms with van der Waals surface area (Å²) < 4.78 is 56.1. The van der Waals surface area contributed by atoms with E-state index in [0.29, 0.717) is 22.3 Å². The first-order valence-electron chi connectivity index (χ1n) is 23.2. The van der Waals surface area contributed by atoms with Crippen molar-refractivity contribution in [2.75, 3.05) is 0 Å². The minimum atomic E-state index is -0.421. The van der Waals surface area contributed by atoms with Crippen molar-refractivity contribution in [3.8, 4) is 65.5 Å². The Balaban J connectivity index is 1.15. The van der Waals surface area contributed by atoms with E-state index in [4.69, 9.17) is 7.73 Å². The highest BCUT2D eigenvalue weighted by molar-refractivity contribution is 7.20. The third kappa shape index (κ3) is 5.93. The van der Waals surface area contributed by atoms with Crippen molar-refractivity contribution in [3.63, 3.8) is 0 Å². The Bertz CT molecular complexity index is 4000. The van der Waals surface area contributed by atoms with Crippen molar-refractivity contribution in [1.82, 2.24) is 9.97 Å². The van der Waals surface area contributed by atoms with Gasteiger partial charge in [-0.3, -0.25) is 4.98 Å². The minimum Gasteiger partial charge on any atom is -0.254 e. The number of benzene rings is 9. The summed E-state index contributed by atoms with van der Waals surface area (Å²) in [7, 11) is 0. The lowest BCUT2D eigenvalue weighted by atomic mass is 9.87. The molecule has 0 aliphatic rings. The van der Waals surface area contributed by atoms with Crippen molar-refractivity contribution in [2.24, 2.45) is 0 Å². The minimum absolute atomic E-state index is 0.142. The summed E-state index contributed by atoms with van der Waals surface area (Å²) in [6.45, 7) is 0. The summed E-state index contributed by atoms with van der Waals surface area (Å²) in [6.07, 6.45) is 1.70. The van der Waals surface area contributed by atoms with Crippen LogP contribution < -0.4 is 0 Å². The number of hydrogen-bond acceptors (Lipinski definition) is 3. The summed E-state index contributed by atoms with van der Waals surface area (Å²) in [5, 5.41) is 6.68. The highest BCUT2D eigenvalue weighted by Gasteiger charge is 2.25. The maximum Gasteiger partial charge on any atom is 0.0972 e. The van der Waals surface area contributed by atoms with E-state index >= 15 is 0 Å². The van der Waals surface area contributed by atoms with Crippen LogP contribution in [0, 0.1) is 0 Å². The predicted octanol–water partition coefficient (Wildman–Crippen LogP) is 16.3. The van der Waals surface area contributed by atoms with Gasteiger partial charge in [0, 0.05) is 49.0 Å². The van der Waals surface area contributed by atoms with Gasteiger partial charge in [0.25, 0.3) is 0 Å². The molecule has 0 spiro atoms. The molecule has 3 heterocycles. The van der Waals surface area contributed by atoms with Gasteiger partial charge in [-0.1, -0.05) is 188 Å². The Morgan fingerprint density at radius 2 is 0.984 bits per heavy atom. The smallest absolute Gasteiger partial charge is 0.0972 e. The van der Waals surface area contributed by atoms with E-state index < -0.39 is 12.1 Å². The number of pyridine rings is 2. The lowest BCUT2D eigenvalue weighted by molar-refractivity contribution is 1.37. The largest absolute Gasteiger partial charge is 0.254 e. The van der Waals surface area contributed by atoms with E-state index in [0.717, 1.165) is 64.7 Å². The van der Waals surface area contributed by atoms with Gasteiger partial charge in [-0.25, -0.2) is 4.98 Å². The quantitative estimate of drug-likeness (QED) is 0.157. The molecule has 12 aromatic rings. The molecule has 12 rings (SSSR count). The Kier molecular flexibility index (Phi) is 7.02. The molecule has 2 nitrogen and oxygen atoms in total. The molecule has 0 N–H and O–H groups in total. The maximum atomic E-state index is 9.80. The van der Waals surface area contributed by atoms with Crippen LogP contribution in [0.15, 0.2) is 218 Å². The summed E-state index contributed by atoms with van der Waals surface area (Å²) in [6, 6.07) is 57.7. The summed E-state index contributed by atoms with van der Waals surface area (Å²) in [5.74, 6) is 0. The first-order valence-corrected chi connectivity index (χ1v) is 21.1. The molecule has 0 fully saturated rings. The topological polar surface area (TPSA) is 25.8 Å². The zero-order chi connectivity index (χ0) is 45.5. The average molecular weight is 799 g/mol. The zero-order valence-electron chi connectivity index (χ0n) is 38.6. The van der Waals surface area contributed by atoms with Crippen LogP contribution in [0.4, 0.5) is 0 Å². The van der Waals surface area contributed by atoms with Crippen molar-refractivity contribution in [2.45, 2.75) is 0 Å². The Morgan fingerprint density at radius 1 is 0.377 bits per heavy atom. The highest BCUT2D eigenvalue weighted by Crippen LogP contribution is 2.54. The van der Waals surface area contributed by atoms with Crippen LogP contribution in [0.3, 0.4) is 0 Å². The fourth-order valence-corrected chi connectivity index (χ4v) is 10.2. The summed E-state index contributed by atoms with van der Waals surface area (Å²) in [4.78, 5) is 11.8. The molecular weight excluding hydrogens is 757 g/mol. The van der Waals surface area contributed by atoms with Crippen molar-refractivity contribution in [3.05, 3.63) is 218 Å². The molecule has 0 aliphatic heterocycles. The van der Waals surface area contributed by atoms with E-state index in [2.05, 4.69) is 114 Å². The lowest BCUT2D eigenvalue weighted by Gasteiger charge is -2.15. The fourth-order valence-electron chi connectivity index (χ4n) is 8.85. The first kappa shape index (κ1) is 29.5. The van der Waals surface area contributed by atoms with Crippen LogP contribution in [-0.4, -0.2) is 9.97 Å². The number of nitrogens with zero attached hydrogens (tertiary/aromatic N) is 2. The van der Waals surface area contributed by atoms with E-state index in [1.54, 1.807) is 23.6 Å². The SMILES string of the molecule is [2H]c1c([2H])c([2H])c2c(-c3ccc4ccc5cccnc5c4n3)c([2H])c([2H])c(-c3cccc(-c4c(-c5ccccc5)sc(-c5cc6ccccc6c6ccccc56)c4-c4ccccc4)c3)c2c1[2H]. The molecule has 0 amide bonds. The molecule has 0 saturated carbocycles. The molecule has 0 aliphatic carbocycles. The number of rotatable bonds is 6. The van der Waals surface area contributed by atoms with Crippen LogP contribution >= 0.6 is 11.3 Å². The molecular formula is C58H36N2S. The van der Waals surface area contributed by atoms with Gasteiger partial charge in [-0.2, -0.15) is 0 Å². The van der Waals surface area contributed by atoms with Crippen LogP contribution in [0.5, 0.6) is 0 Å². The van der Waals surface area contributed by atoms with Crippen molar-refractivity contribution >= 4 is 65.5 Å². The van der Waals surface area contributed by atoms with Crippen LogP contribution in [0.2, 0.25) is 0 Å². The highest BCUT2D eigenvalue weighted by atomic mass is 32.1. The van der Waals surface area contributed by atoms with Gasteiger partial charge in [0.15, 0.2) is 0 Å². The Labute approximate surface area is 366 Å². The summed E-state index contributed by atoms with van der Waals surface area (Å²) >= 11 is 1.75. The van der Waals surface area contributed by atoms with Gasteiger partial charge in [0.1, 0.15) is 0 Å². The molecule has 3 aromatic heterocycles. The Hall–Kier alpha value is -7.72. The predicted molar refractivity (Wildman–Crippen MR) is 260 cm³/mol. The first-order chi connectivity index (χ1) is 32.8. The summed E-state index contributed by atoms with van der Waals surface area (Å²) in [5.41, 5.74) is 8.71. The molecule has 61 heavy (non-hydrogen) atoms. The van der Waals surface area contributed by atoms with E-state index in [1.807, 2.05) is 60.7 Å². The van der Waals surface area contributed by atoms with E-state index in [-0.39, 0.29) is 46.1 Å². The molecule has 0 atom stereocenters. The van der Waals surface area contributed by atoms with Crippen LogP contribution in [0.1, 0.15) is 8.22 Å². The van der Waals surface area contributed by atoms with Gasteiger partial charge in [0.05, 0.1) is 25.0 Å². The number of hydrogen-bond donors (Lipinski definition) is 0. The number of aromatic nitrogens is 2. The van der Waals surface area contributed by atoms with Crippen LogP contribution in [0.25, 0.3) is 120 Å². The molecule has 0 radical (unpaired) electrons. The second-order valence-electron chi connectivity index (χ2n) is 15.2. The van der Waals surface area contributed by atoms with Gasteiger partial charge in [0.2, 0.25) is 0 Å². The molecule has 0 saturated heterocycles. The second-order valence-corrected chi connectivity index (χ2v) is 16.2. The fraction of sp³-hybridized carbons (Fsp3) is 0. The van der Waals surface area contributed by atoms with Gasteiger partial charge in [-0.15, -0.1) is 11.3 Å². The van der Waals surface area contributed by atoms with Gasteiger partial charge < -0.3 is 0 Å². The third-order valence-corrected chi connectivity index (χ3v) is 12.9. The monoisotopic (exact) mass is 798 g/mol. The Morgan fingerprint density at radius 3 is 1.80 bits per heavy atom. The lowest BCUT2D eigenvalue weighted by Crippen LogP contribution is -1.91. The molecule has 284 valence electrons. The normalized spacial score (nSPS) is 13.0. The van der Waals surface area contributed by atoms with Crippen molar-refractivity contribution < 1.29 is 8.22 Å². The average Bonchev–Trinajstić information content (AvgIpc) is 3.79. The second kappa shape index (κ2) is 14.5. The van der Waals surface area contributed by atoms with Gasteiger partial charge >= 0.3 is 0 Å². The third-order valence-electron chi connectivity index (χ3n) is 11.6. The number of thiophene rings is 1. The van der Waals surface area contributed by atoms with E-state index in [9.17, 15) is 5.48 Å². The molecule has 3 heteroatoms. The molecule has 0 unspecified atom stereocenters. The van der Waals surface area contributed by atoms with Gasteiger partial charge in [-0.05, 0) is 84.4 Å². The van der Waals surface area contributed by atoms with Crippen molar-refractivity contribution in [1.29, 1.82) is 0 Å². The number of fused-ring (bicyclic) bond motifs is 7. The maximum absolute atomic E-state index is 9.80. The van der Waals surface area contributed by atoms with E-state index in [1.165, 1.54) is 10.8 Å². The zero-order valence-corrected chi connectivity index (χ0v) is 33.4. The molecule has 9 aromatic carbocycles.